The first-order valence-corrected chi connectivity index (χ1v) is 7.71. The van der Waals surface area contributed by atoms with Crippen molar-refractivity contribution in [3.05, 3.63) is 29.8 Å². The third kappa shape index (κ3) is 4.74. The number of nitrogens with one attached hydrogen (secondary N) is 1. The van der Waals surface area contributed by atoms with Crippen molar-refractivity contribution in [1.29, 1.82) is 0 Å². The highest BCUT2D eigenvalue weighted by Crippen LogP contribution is 2.11. The molecule has 0 aromatic heterocycles. The number of ketones is 1. The molecule has 0 fully saturated rings. The van der Waals surface area contributed by atoms with E-state index >= 15 is 0 Å². The first-order valence-electron chi connectivity index (χ1n) is 6.23. The summed E-state index contributed by atoms with van der Waals surface area (Å²) in [5, 5.41) is 0. The zero-order valence-electron chi connectivity index (χ0n) is 11.2. The lowest BCUT2D eigenvalue weighted by Crippen LogP contribution is -2.37. The third-order valence-corrected chi connectivity index (χ3v) is 4.21. The van der Waals surface area contributed by atoms with Gasteiger partial charge in [-0.1, -0.05) is 25.5 Å². The maximum atomic E-state index is 12.0. The van der Waals surface area contributed by atoms with E-state index in [4.69, 9.17) is 5.73 Å². The Morgan fingerprint density at radius 3 is 2.37 bits per heavy atom. The van der Waals surface area contributed by atoms with Gasteiger partial charge in [-0.3, -0.25) is 4.79 Å². The highest BCUT2D eigenvalue weighted by molar-refractivity contribution is 7.89. The molecule has 1 rings (SSSR count). The van der Waals surface area contributed by atoms with E-state index in [1.54, 1.807) is 0 Å². The number of rotatable bonds is 7. The Kier molecular flexibility index (Phi) is 5.65. The zero-order chi connectivity index (χ0) is 14.5. The van der Waals surface area contributed by atoms with Gasteiger partial charge in [0.2, 0.25) is 10.0 Å². The summed E-state index contributed by atoms with van der Waals surface area (Å²) in [5.41, 5.74) is 6.25. The second-order valence-corrected chi connectivity index (χ2v) is 6.25. The van der Waals surface area contributed by atoms with Crippen LogP contribution in [0.5, 0.6) is 0 Å². The van der Waals surface area contributed by atoms with E-state index in [9.17, 15) is 13.2 Å². The van der Waals surface area contributed by atoms with Crippen LogP contribution in [0.4, 0.5) is 0 Å². The van der Waals surface area contributed by atoms with Crippen molar-refractivity contribution in [2.24, 2.45) is 5.73 Å². The molecule has 3 N–H and O–H groups in total. The summed E-state index contributed by atoms with van der Waals surface area (Å²) >= 11 is 0. The maximum Gasteiger partial charge on any atom is 0.240 e. The van der Waals surface area contributed by atoms with Crippen molar-refractivity contribution >= 4 is 15.8 Å². The second kappa shape index (κ2) is 6.79. The molecule has 0 aliphatic carbocycles. The fraction of sp³-hybridized carbons (Fsp3) is 0.462. The molecule has 0 aliphatic heterocycles. The monoisotopic (exact) mass is 284 g/mol. The Morgan fingerprint density at radius 1 is 1.32 bits per heavy atom. The number of carbonyl (C=O) groups is 1. The second-order valence-electron chi connectivity index (χ2n) is 4.48. The predicted octanol–water partition coefficient (Wildman–Crippen LogP) is 1.29. The van der Waals surface area contributed by atoms with E-state index in [1.165, 1.54) is 31.2 Å². The molecule has 0 aliphatic rings. The van der Waals surface area contributed by atoms with Gasteiger partial charge in [-0.25, -0.2) is 13.1 Å². The van der Waals surface area contributed by atoms with Crippen molar-refractivity contribution in [1.82, 2.24) is 4.72 Å². The average molecular weight is 284 g/mol. The number of sulfonamides is 1. The van der Waals surface area contributed by atoms with Crippen molar-refractivity contribution in [3.63, 3.8) is 0 Å². The van der Waals surface area contributed by atoms with Crippen LogP contribution in [-0.2, 0) is 10.0 Å². The SMILES string of the molecule is CCCC(N)CNS(=O)(=O)c1ccc(C(C)=O)cc1. The van der Waals surface area contributed by atoms with Gasteiger partial charge in [0, 0.05) is 18.2 Å². The summed E-state index contributed by atoms with van der Waals surface area (Å²) in [4.78, 5) is 11.3. The average Bonchev–Trinajstić information content (AvgIpc) is 2.37. The molecular weight excluding hydrogens is 264 g/mol. The summed E-state index contributed by atoms with van der Waals surface area (Å²) < 4.78 is 26.4. The number of hydrogen-bond acceptors (Lipinski definition) is 4. The first kappa shape index (κ1) is 15.8. The van der Waals surface area contributed by atoms with Gasteiger partial charge in [-0.15, -0.1) is 0 Å². The molecule has 19 heavy (non-hydrogen) atoms. The topological polar surface area (TPSA) is 89.3 Å². The maximum absolute atomic E-state index is 12.0. The van der Waals surface area contributed by atoms with Crippen molar-refractivity contribution < 1.29 is 13.2 Å². The standard InChI is InChI=1S/C13H20N2O3S/c1-3-4-12(14)9-15-19(17,18)13-7-5-11(6-8-13)10(2)16/h5-8,12,15H,3-4,9,14H2,1-2H3. The number of benzene rings is 1. The fourth-order valence-electron chi connectivity index (χ4n) is 1.64. The fourth-order valence-corrected chi connectivity index (χ4v) is 2.74. The molecule has 1 atom stereocenters. The Morgan fingerprint density at radius 2 is 1.89 bits per heavy atom. The van der Waals surface area contributed by atoms with Gasteiger partial charge in [-0.05, 0) is 25.5 Å². The quantitative estimate of drug-likeness (QED) is 0.738. The van der Waals surface area contributed by atoms with Crippen molar-refractivity contribution in [3.8, 4) is 0 Å². The molecule has 0 radical (unpaired) electrons. The van der Waals surface area contributed by atoms with E-state index in [-0.39, 0.29) is 23.3 Å². The summed E-state index contributed by atoms with van der Waals surface area (Å²) in [6.07, 6.45) is 1.68. The van der Waals surface area contributed by atoms with Crippen LogP contribution in [-0.4, -0.2) is 26.8 Å². The summed E-state index contributed by atoms with van der Waals surface area (Å²) in [6.45, 7) is 3.64. The van der Waals surface area contributed by atoms with E-state index < -0.39 is 10.0 Å². The molecule has 5 nitrogen and oxygen atoms in total. The zero-order valence-corrected chi connectivity index (χ0v) is 12.0. The Bertz CT molecular complexity index is 523. The van der Waals surface area contributed by atoms with Crippen LogP contribution in [0.25, 0.3) is 0 Å². The van der Waals surface area contributed by atoms with E-state index in [1.807, 2.05) is 6.92 Å². The van der Waals surface area contributed by atoms with Gasteiger partial charge < -0.3 is 5.73 Å². The smallest absolute Gasteiger partial charge is 0.240 e. The van der Waals surface area contributed by atoms with Gasteiger partial charge in [0.05, 0.1) is 4.90 Å². The number of carbonyl (C=O) groups excluding carboxylic acids is 1. The molecule has 0 saturated heterocycles. The van der Waals surface area contributed by atoms with Crippen LogP contribution < -0.4 is 10.5 Å². The molecule has 0 heterocycles. The minimum absolute atomic E-state index is 0.0955. The van der Waals surface area contributed by atoms with Gasteiger partial charge in [0.15, 0.2) is 5.78 Å². The van der Waals surface area contributed by atoms with Crippen molar-refractivity contribution in [2.75, 3.05) is 6.54 Å². The normalized spacial score (nSPS) is 13.2. The molecule has 0 saturated carbocycles. The van der Waals surface area contributed by atoms with Crippen LogP contribution in [0.1, 0.15) is 37.0 Å². The van der Waals surface area contributed by atoms with Crippen LogP contribution in [0.3, 0.4) is 0 Å². The van der Waals surface area contributed by atoms with Crippen LogP contribution in [0, 0.1) is 0 Å². The molecule has 106 valence electrons. The van der Waals surface area contributed by atoms with Gasteiger partial charge in [0.25, 0.3) is 0 Å². The lowest BCUT2D eigenvalue weighted by atomic mass is 10.2. The minimum Gasteiger partial charge on any atom is -0.327 e. The number of hydrogen-bond donors (Lipinski definition) is 2. The lowest BCUT2D eigenvalue weighted by Gasteiger charge is -2.12. The predicted molar refractivity (Wildman–Crippen MR) is 74.5 cm³/mol. The highest BCUT2D eigenvalue weighted by atomic mass is 32.2. The third-order valence-electron chi connectivity index (χ3n) is 2.77. The Balaban J connectivity index is 2.74. The highest BCUT2D eigenvalue weighted by Gasteiger charge is 2.15. The molecule has 1 aromatic rings. The van der Waals surface area contributed by atoms with E-state index in [2.05, 4.69) is 4.72 Å². The van der Waals surface area contributed by atoms with E-state index in [0.717, 1.165) is 12.8 Å². The molecule has 0 spiro atoms. The molecule has 0 amide bonds. The van der Waals surface area contributed by atoms with Crippen LogP contribution >= 0.6 is 0 Å². The summed E-state index contributed by atoms with van der Waals surface area (Å²) in [7, 11) is -3.56. The molecule has 0 bridgehead atoms. The Hall–Kier alpha value is -1.24. The number of Topliss-reactive ketones (excluding diaryl/α,β-unsaturated/α-hetero) is 1. The molecular formula is C13H20N2O3S. The largest absolute Gasteiger partial charge is 0.327 e. The van der Waals surface area contributed by atoms with Gasteiger partial charge >= 0.3 is 0 Å². The molecule has 6 heteroatoms. The van der Waals surface area contributed by atoms with E-state index in [0.29, 0.717) is 5.56 Å². The molecule has 1 unspecified atom stereocenters. The van der Waals surface area contributed by atoms with Crippen molar-refractivity contribution in [2.45, 2.75) is 37.6 Å². The summed E-state index contributed by atoms with van der Waals surface area (Å²) in [5.74, 6) is -0.0955. The Labute approximate surface area is 114 Å². The lowest BCUT2D eigenvalue weighted by molar-refractivity contribution is 0.101. The number of nitrogens with two attached hydrogens (primary N) is 1. The van der Waals surface area contributed by atoms with Crippen LogP contribution in [0.15, 0.2) is 29.2 Å². The molecule has 1 aromatic carbocycles. The van der Waals surface area contributed by atoms with Gasteiger partial charge in [0.1, 0.15) is 0 Å². The minimum atomic E-state index is -3.56. The van der Waals surface area contributed by atoms with Crippen LogP contribution in [0.2, 0.25) is 0 Å². The van der Waals surface area contributed by atoms with Gasteiger partial charge in [-0.2, -0.15) is 0 Å². The first-order chi connectivity index (χ1) is 8.86. The summed E-state index contributed by atoms with van der Waals surface area (Å²) in [6, 6.07) is 5.66.